The van der Waals surface area contributed by atoms with Crippen molar-refractivity contribution in [1.29, 1.82) is 0 Å². The SMILES string of the molecule is COC(=O)c1ccc(COC(CN2CCN(C(=O)c3snnc3C)CC2)c2ccc(Cl)cc2)cc1. The first-order chi connectivity index (χ1) is 16.9. The van der Waals surface area contributed by atoms with Gasteiger partial charge in [-0.15, -0.1) is 5.10 Å². The monoisotopic (exact) mass is 514 g/mol. The van der Waals surface area contributed by atoms with Crippen molar-refractivity contribution in [3.8, 4) is 0 Å². The van der Waals surface area contributed by atoms with Crippen LogP contribution in [0.2, 0.25) is 5.02 Å². The third-order valence-electron chi connectivity index (χ3n) is 6.00. The smallest absolute Gasteiger partial charge is 0.337 e. The minimum Gasteiger partial charge on any atom is -0.465 e. The molecule has 0 N–H and O–H groups in total. The van der Waals surface area contributed by atoms with Gasteiger partial charge in [-0.05, 0) is 53.8 Å². The maximum absolute atomic E-state index is 12.8. The summed E-state index contributed by atoms with van der Waals surface area (Å²) in [4.78, 5) is 29.2. The van der Waals surface area contributed by atoms with Gasteiger partial charge in [0.1, 0.15) is 4.88 Å². The summed E-state index contributed by atoms with van der Waals surface area (Å²) in [6, 6.07) is 14.9. The van der Waals surface area contributed by atoms with Gasteiger partial charge in [-0.2, -0.15) is 0 Å². The molecule has 0 saturated carbocycles. The molecule has 1 aliphatic heterocycles. The van der Waals surface area contributed by atoms with Crippen LogP contribution in [0.15, 0.2) is 48.5 Å². The fourth-order valence-electron chi connectivity index (χ4n) is 3.92. The molecule has 8 nitrogen and oxygen atoms in total. The largest absolute Gasteiger partial charge is 0.465 e. The molecule has 0 spiro atoms. The summed E-state index contributed by atoms with van der Waals surface area (Å²) in [6.45, 7) is 5.66. The summed E-state index contributed by atoms with van der Waals surface area (Å²) in [5, 5.41) is 4.62. The van der Waals surface area contributed by atoms with E-state index in [0.29, 0.717) is 47.4 Å². The lowest BCUT2D eigenvalue weighted by Gasteiger charge is -2.36. The van der Waals surface area contributed by atoms with Crippen LogP contribution in [-0.4, -0.2) is 71.1 Å². The minimum atomic E-state index is -0.365. The van der Waals surface area contributed by atoms with E-state index in [1.165, 1.54) is 7.11 Å². The second-order valence-corrected chi connectivity index (χ2v) is 9.51. The van der Waals surface area contributed by atoms with Crippen LogP contribution >= 0.6 is 23.1 Å². The van der Waals surface area contributed by atoms with Gasteiger partial charge in [0, 0.05) is 37.7 Å². The Morgan fingerprint density at radius 3 is 2.34 bits per heavy atom. The highest BCUT2D eigenvalue weighted by Gasteiger charge is 2.27. The quantitative estimate of drug-likeness (QED) is 0.420. The van der Waals surface area contributed by atoms with Gasteiger partial charge in [-0.3, -0.25) is 9.69 Å². The van der Waals surface area contributed by atoms with Crippen molar-refractivity contribution in [1.82, 2.24) is 19.4 Å². The van der Waals surface area contributed by atoms with Crippen molar-refractivity contribution in [2.24, 2.45) is 0 Å². The Kier molecular flexibility index (Phi) is 8.46. The normalized spacial score (nSPS) is 15.1. The van der Waals surface area contributed by atoms with Gasteiger partial charge in [-0.25, -0.2) is 4.79 Å². The van der Waals surface area contributed by atoms with E-state index in [-0.39, 0.29) is 18.0 Å². The summed E-state index contributed by atoms with van der Waals surface area (Å²) >= 11 is 7.24. The molecule has 4 rings (SSSR count). The van der Waals surface area contributed by atoms with Crippen molar-refractivity contribution >= 4 is 35.0 Å². The lowest BCUT2D eigenvalue weighted by molar-refractivity contribution is 0.00345. The third kappa shape index (κ3) is 6.43. The number of esters is 1. The molecular formula is C25H27ClN4O4S. The minimum absolute atomic E-state index is 0.00180. The van der Waals surface area contributed by atoms with E-state index < -0.39 is 0 Å². The number of ether oxygens (including phenoxy) is 2. The Balaban J connectivity index is 1.38. The number of benzene rings is 2. The summed E-state index contributed by atoms with van der Waals surface area (Å²) in [6.07, 6.45) is -0.178. The Labute approximate surface area is 213 Å². The first-order valence-electron chi connectivity index (χ1n) is 11.3. The highest BCUT2D eigenvalue weighted by molar-refractivity contribution is 7.07. The maximum Gasteiger partial charge on any atom is 0.337 e. The molecule has 2 heterocycles. The molecule has 1 fully saturated rings. The number of hydrogen-bond acceptors (Lipinski definition) is 8. The zero-order chi connectivity index (χ0) is 24.8. The topological polar surface area (TPSA) is 84.9 Å². The average Bonchev–Trinajstić information content (AvgIpc) is 3.32. The molecule has 0 radical (unpaired) electrons. The maximum atomic E-state index is 12.8. The fraction of sp³-hybridized carbons (Fsp3) is 0.360. The zero-order valence-electron chi connectivity index (χ0n) is 19.6. The van der Waals surface area contributed by atoms with Crippen LogP contribution in [0, 0.1) is 6.92 Å². The highest BCUT2D eigenvalue weighted by atomic mass is 35.5. The first-order valence-corrected chi connectivity index (χ1v) is 12.4. The molecule has 1 amide bonds. The van der Waals surface area contributed by atoms with Gasteiger partial charge in [0.05, 0.1) is 31.1 Å². The number of halogens is 1. The van der Waals surface area contributed by atoms with Crippen LogP contribution in [-0.2, 0) is 16.1 Å². The Hall–Kier alpha value is -2.85. The van der Waals surface area contributed by atoms with E-state index >= 15 is 0 Å². The van der Waals surface area contributed by atoms with Crippen LogP contribution < -0.4 is 0 Å². The van der Waals surface area contributed by atoms with Gasteiger partial charge >= 0.3 is 5.97 Å². The molecule has 2 aromatic carbocycles. The molecular weight excluding hydrogens is 488 g/mol. The number of carbonyl (C=O) groups excluding carboxylic acids is 2. The number of hydrogen-bond donors (Lipinski definition) is 0. The van der Waals surface area contributed by atoms with Gasteiger partial charge in [0.25, 0.3) is 5.91 Å². The molecule has 1 atom stereocenters. The van der Waals surface area contributed by atoms with Crippen molar-refractivity contribution in [2.75, 3.05) is 39.8 Å². The van der Waals surface area contributed by atoms with Crippen LogP contribution in [0.4, 0.5) is 0 Å². The second kappa shape index (κ2) is 11.7. The number of nitrogens with zero attached hydrogens (tertiary/aromatic N) is 4. The number of methoxy groups -OCH3 is 1. The molecule has 1 saturated heterocycles. The fourth-order valence-corrected chi connectivity index (χ4v) is 4.67. The number of piperazine rings is 1. The van der Waals surface area contributed by atoms with Gasteiger partial charge in [-0.1, -0.05) is 40.4 Å². The van der Waals surface area contributed by atoms with E-state index in [2.05, 4.69) is 14.5 Å². The molecule has 0 bridgehead atoms. The standard InChI is InChI=1S/C25H27ClN4O4S/c1-17-23(35-28-27-17)24(31)30-13-11-29(12-14-30)15-22(19-7-9-21(26)10-8-19)34-16-18-3-5-20(6-4-18)25(32)33-2/h3-10,22H,11-16H2,1-2H3. The summed E-state index contributed by atoms with van der Waals surface area (Å²) in [7, 11) is 1.36. The van der Waals surface area contributed by atoms with E-state index in [0.717, 1.165) is 35.7 Å². The van der Waals surface area contributed by atoms with Crippen LogP contribution in [0.5, 0.6) is 0 Å². The van der Waals surface area contributed by atoms with Gasteiger partial charge in [0.15, 0.2) is 0 Å². The van der Waals surface area contributed by atoms with Gasteiger partial charge in [0.2, 0.25) is 0 Å². The molecule has 35 heavy (non-hydrogen) atoms. The summed E-state index contributed by atoms with van der Waals surface area (Å²) in [5.41, 5.74) is 3.17. The van der Waals surface area contributed by atoms with Crippen LogP contribution in [0.3, 0.4) is 0 Å². The third-order valence-corrected chi connectivity index (χ3v) is 7.07. The summed E-state index contributed by atoms with van der Waals surface area (Å²) < 4.78 is 15.0. The molecule has 0 aliphatic carbocycles. The van der Waals surface area contributed by atoms with Crippen LogP contribution in [0.25, 0.3) is 0 Å². The predicted molar refractivity (Wildman–Crippen MR) is 134 cm³/mol. The number of rotatable bonds is 8. The molecule has 1 unspecified atom stereocenters. The molecule has 1 aliphatic rings. The van der Waals surface area contributed by atoms with E-state index in [1.807, 2.05) is 48.2 Å². The number of amides is 1. The van der Waals surface area contributed by atoms with Crippen molar-refractivity contribution in [3.63, 3.8) is 0 Å². The Morgan fingerprint density at radius 2 is 1.74 bits per heavy atom. The first kappa shape index (κ1) is 25.2. The zero-order valence-corrected chi connectivity index (χ0v) is 21.2. The van der Waals surface area contributed by atoms with E-state index in [4.69, 9.17) is 21.1 Å². The van der Waals surface area contributed by atoms with E-state index in [9.17, 15) is 9.59 Å². The lowest BCUT2D eigenvalue weighted by atomic mass is 10.1. The van der Waals surface area contributed by atoms with Crippen molar-refractivity contribution in [3.05, 3.63) is 80.8 Å². The summed E-state index contributed by atoms with van der Waals surface area (Å²) in [5.74, 6) is -0.367. The lowest BCUT2D eigenvalue weighted by Crippen LogP contribution is -2.49. The van der Waals surface area contributed by atoms with Crippen LogP contribution in [0.1, 0.15) is 43.0 Å². The second-order valence-electron chi connectivity index (χ2n) is 8.32. The molecule has 1 aromatic heterocycles. The number of carbonyl (C=O) groups is 2. The number of aromatic nitrogens is 2. The average molecular weight is 515 g/mol. The number of aryl methyl sites for hydroxylation is 1. The highest BCUT2D eigenvalue weighted by Crippen LogP contribution is 2.24. The Morgan fingerprint density at radius 1 is 1.06 bits per heavy atom. The molecule has 10 heteroatoms. The van der Waals surface area contributed by atoms with Crippen molar-refractivity contribution in [2.45, 2.75) is 19.6 Å². The van der Waals surface area contributed by atoms with E-state index in [1.54, 1.807) is 12.1 Å². The van der Waals surface area contributed by atoms with Crippen molar-refractivity contribution < 1.29 is 19.1 Å². The molecule has 3 aromatic rings. The Bertz CT molecular complexity index is 1150. The molecule has 184 valence electrons. The van der Waals surface area contributed by atoms with Gasteiger partial charge < -0.3 is 14.4 Å². The predicted octanol–water partition coefficient (Wildman–Crippen LogP) is 4.00.